The summed E-state index contributed by atoms with van der Waals surface area (Å²) in [6.45, 7) is -0.268. The van der Waals surface area contributed by atoms with Crippen LogP contribution in [0.3, 0.4) is 0 Å². The minimum atomic E-state index is -0.503. The van der Waals surface area contributed by atoms with E-state index >= 15 is 0 Å². The Morgan fingerprint density at radius 1 is 1.07 bits per heavy atom. The van der Waals surface area contributed by atoms with Gasteiger partial charge in [-0.2, -0.15) is 4.68 Å². The summed E-state index contributed by atoms with van der Waals surface area (Å²) in [7, 11) is 1.62. The van der Waals surface area contributed by atoms with Crippen molar-refractivity contribution in [3.8, 4) is 11.5 Å². The van der Waals surface area contributed by atoms with E-state index in [1.54, 1.807) is 37.4 Å². The molecule has 0 saturated carbocycles. The first-order valence-electron chi connectivity index (χ1n) is 8.80. The average molecular weight is 407 g/mol. The van der Waals surface area contributed by atoms with Gasteiger partial charge in [0.1, 0.15) is 11.5 Å². The van der Waals surface area contributed by atoms with Gasteiger partial charge in [0.15, 0.2) is 11.4 Å². The number of nitrogens with zero attached hydrogens (tertiary/aromatic N) is 1. The van der Waals surface area contributed by atoms with E-state index in [1.807, 2.05) is 30.3 Å². The first-order valence-corrected chi connectivity index (χ1v) is 9.20. The number of fused-ring (bicyclic) bond motifs is 2. The SMILES string of the molecule is COc1ccc2cc(OCC(=O)Nn3c(=S)[nH]c4ccccc4c3=O)ccc2c1. The lowest BCUT2D eigenvalue weighted by molar-refractivity contribution is -0.119. The Morgan fingerprint density at radius 2 is 1.76 bits per heavy atom. The van der Waals surface area contributed by atoms with Gasteiger partial charge in [-0.15, -0.1) is 0 Å². The highest BCUT2D eigenvalue weighted by Crippen LogP contribution is 2.24. The molecule has 0 atom stereocenters. The number of nitrogens with one attached hydrogen (secondary N) is 2. The van der Waals surface area contributed by atoms with Crippen LogP contribution >= 0.6 is 12.2 Å². The summed E-state index contributed by atoms with van der Waals surface area (Å²) in [5.74, 6) is 0.799. The van der Waals surface area contributed by atoms with E-state index in [0.717, 1.165) is 21.2 Å². The van der Waals surface area contributed by atoms with E-state index < -0.39 is 11.5 Å². The number of ether oxygens (including phenoxy) is 2. The first kappa shape index (κ1) is 18.7. The Bertz CT molecular complexity index is 1340. The van der Waals surface area contributed by atoms with Crippen LogP contribution in [-0.2, 0) is 4.79 Å². The minimum Gasteiger partial charge on any atom is -0.497 e. The van der Waals surface area contributed by atoms with Crippen LogP contribution in [0, 0.1) is 4.77 Å². The molecule has 1 aromatic heterocycles. The number of aromatic nitrogens is 2. The van der Waals surface area contributed by atoms with E-state index in [-0.39, 0.29) is 11.4 Å². The van der Waals surface area contributed by atoms with Gasteiger partial charge in [0.05, 0.1) is 18.0 Å². The monoisotopic (exact) mass is 407 g/mol. The Labute approximate surface area is 170 Å². The van der Waals surface area contributed by atoms with Crippen molar-refractivity contribution in [3.05, 3.63) is 75.8 Å². The van der Waals surface area contributed by atoms with Crippen LogP contribution in [0.4, 0.5) is 0 Å². The van der Waals surface area contributed by atoms with Crippen molar-refractivity contribution in [1.82, 2.24) is 9.66 Å². The molecule has 0 spiro atoms. The summed E-state index contributed by atoms with van der Waals surface area (Å²) in [6.07, 6.45) is 0. The summed E-state index contributed by atoms with van der Waals surface area (Å²) < 4.78 is 11.9. The normalized spacial score (nSPS) is 10.8. The molecular formula is C21H17N3O4S. The lowest BCUT2D eigenvalue weighted by atomic mass is 10.1. The Balaban J connectivity index is 1.49. The minimum absolute atomic E-state index is 0.0988. The number of carbonyl (C=O) groups excluding carboxylic acids is 1. The second-order valence-corrected chi connectivity index (χ2v) is 6.70. The largest absolute Gasteiger partial charge is 0.497 e. The van der Waals surface area contributed by atoms with Gasteiger partial charge in [0, 0.05) is 0 Å². The summed E-state index contributed by atoms with van der Waals surface area (Å²) >= 11 is 5.18. The van der Waals surface area contributed by atoms with Gasteiger partial charge in [0.2, 0.25) is 0 Å². The van der Waals surface area contributed by atoms with E-state index in [4.69, 9.17) is 21.7 Å². The highest BCUT2D eigenvalue weighted by Gasteiger charge is 2.09. The number of benzene rings is 3. The Hall–Kier alpha value is -3.65. The molecule has 2 N–H and O–H groups in total. The second-order valence-electron chi connectivity index (χ2n) is 6.31. The molecule has 4 aromatic rings. The van der Waals surface area contributed by atoms with Crippen molar-refractivity contribution >= 4 is 39.8 Å². The third kappa shape index (κ3) is 3.83. The first-order chi connectivity index (χ1) is 14.0. The lowest BCUT2D eigenvalue weighted by Crippen LogP contribution is -2.36. The predicted molar refractivity (Wildman–Crippen MR) is 114 cm³/mol. The van der Waals surface area contributed by atoms with E-state index in [9.17, 15) is 9.59 Å². The number of amides is 1. The fourth-order valence-corrected chi connectivity index (χ4v) is 3.23. The standard InChI is InChI=1S/C21H17N3O4S/c1-27-15-8-6-14-11-16(9-7-13(14)10-15)28-12-19(25)23-24-20(26)17-4-2-3-5-18(17)22-21(24)29/h2-11H,12H2,1H3,(H,22,29)(H,23,25). The zero-order valence-corrected chi connectivity index (χ0v) is 16.3. The number of carbonyl (C=O) groups is 1. The molecule has 0 saturated heterocycles. The maximum Gasteiger partial charge on any atom is 0.281 e. The quantitative estimate of drug-likeness (QED) is 0.496. The average Bonchev–Trinajstić information content (AvgIpc) is 2.74. The van der Waals surface area contributed by atoms with E-state index in [2.05, 4.69) is 10.4 Å². The fraction of sp³-hybridized carbons (Fsp3) is 0.0952. The van der Waals surface area contributed by atoms with Gasteiger partial charge in [0.25, 0.3) is 11.5 Å². The van der Waals surface area contributed by atoms with Crippen LogP contribution in [0.5, 0.6) is 11.5 Å². The molecule has 0 unspecified atom stereocenters. The molecule has 1 heterocycles. The van der Waals surface area contributed by atoms with Crippen LogP contribution in [0.1, 0.15) is 0 Å². The molecule has 0 aliphatic heterocycles. The van der Waals surface area contributed by atoms with E-state index in [0.29, 0.717) is 16.7 Å². The van der Waals surface area contributed by atoms with Gasteiger partial charge < -0.3 is 14.5 Å². The number of H-pyrrole nitrogens is 1. The van der Waals surface area contributed by atoms with Crippen molar-refractivity contribution in [3.63, 3.8) is 0 Å². The zero-order valence-electron chi connectivity index (χ0n) is 15.5. The number of aromatic amines is 1. The predicted octanol–water partition coefficient (Wildman–Crippen LogP) is 3.37. The number of para-hydroxylation sites is 1. The third-order valence-electron chi connectivity index (χ3n) is 4.43. The van der Waals surface area contributed by atoms with Crippen molar-refractivity contribution in [1.29, 1.82) is 0 Å². The van der Waals surface area contributed by atoms with Crippen LogP contribution < -0.4 is 20.5 Å². The van der Waals surface area contributed by atoms with Crippen LogP contribution in [0.2, 0.25) is 0 Å². The van der Waals surface area contributed by atoms with Crippen LogP contribution in [0.15, 0.2) is 65.5 Å². The number of hydrogen-bond acceptors (Lipinski definition) is 5. The molecular weight excluding hydrogens is 390 g/mol. The third-order valence-corrected chi connectivity index (χ3v) is 4.72. The summed E-state index contributed by atoms with van der Waals surface area (Å²) in [4.78, 5) is 27.8. The van der Waals surface area contributed by atoms with Crippen LogP contribution in [0.25, 0.3) is 21.7 Å². The van der Waals surface area contributed by atoms with Crippen molar-refractivity contribution in [2.45, 2.75) is 0 Å². The van der Waals surface area contributed by atoms with Crippen molar-refractivity contribution < 1.29 is 14.3 Å². The Kier molecular flexibility index (Phi) is 5.01. The van der Waals surface area contributed by atoms with Crippen LogP contribution in [-0.4, -0.2) is 29.3 Å². The molecule has 0 aliphatic rings. The van der Waals surface area contributed by atoms with Gasteiger partial charge >= 0.3 is 0 Å². The van der Waals surface area contributed by atoms with Crippen molar-refractivity contribution in [2.75, 3.05) is 19.1 Å². The number of methoxy groups -OCH3 is 1. The maximum atomic E-state index is 12.6. The second kappa shape index (κ2) is 7.76. The summed E-state index contributed by atoms with van der Waals surface area (Å²) in [6, 6.07) is 18.1. The summed E-state index contributed by atoms with van der Waals surface area (Å²) in [5.41, 5.74) is 2.68. The molecule has 4 rings (SSSR count). The molecule has 1 amide bonds. The molecule has 7 nitrogen and oxygen atoms in total. The lowest BCUT2D eigenvalue weighted by Gasteiger charge is -2.11. The molecule has 8 heteroatoms. The number of rotatable bonds is 5. The van der Waals surface area contributed by atoms with Gasteiger partial charge in [-0.3, -0.25) is 15.0 Å². The topological polar surface area (TPSA) is 85.3 Å². The van der Waals surface area contributed by atoms with Gasteiger partial charge in [-0.05, 0) is 59.4 Å². The van der Waals surface area contributed by atoms with Gasteiger partial charge in [-0.1, -0.05) is 24.3 Å². The molecule has 0 fully saturated rings. The molecule has 0 radical (unpaired) electrons. The van der Waals surface area contributed by atoms with E-state index in [1.165, 1.54) is 0 Å². The number of hydrogen-bond donors (Lipinski definition) is 2. The highest BCUT2D eigenvalue weighted by atomic mass is 32.1. The van der Waals surface area contributed by atoms with Crippen molar-refractivity contribution in [2.24, 2.45) is 0 Å². The smallest absolute Gasteiger partial charge is 0.281 e. The highest BCUT2D eigenvalue weighted by molar-refractivity contribution is 7.71. The molecule has 0 bridgehead atoms. The Morgan fingerprint density at radius 3 is 2.52 bits per heavy atom. The zero-order chi connectivity index (χ0) is 20.4. The maximum absolute atomic E-state index is 12.6. The molecule has 29 heavy (non-hydrogen) atoms. The summed E-state index contributed by atoms with van der Waals surface area (Å²) in [5, 5.41) is 2.37. The van der Waals surface area contributed by atoms with Gasteiger partial charge in [-0.25, -0.2) is 0 Å². The molecule has 0 aliphatic carbocycles. The molecule has 146 valence electrons. The molecule has 3 aromatic carbocycles. The fourth-order valence-electron chi connectivity index (χ4n) is 2.99.